The van der Waals surface area contributed by atoms with Crippen LogP contribution in [0.25, 0.3) is 10.8 Å². The number of likely N-dealkylation sites (tertiary alicyclic amines) is 1. The molecule has 5 nitrogen and oxygen atoms in total. The van der Waals surface area contributed by atoms with Crippen LogP contribution in [0.3, 0.4) is 0 Å². The minimum Gasteiger partial charge on any atom is -0.380 e. The third kappa shape index (κ3) is 4.54. The summed E-state index contributed by atoms with van der Waals surface area (Å²) in [5.74, 6) is -0.420. The number of benzene rings is 2. The molecule has 0 bridgehead atoms. The van der Waals surface area contributed by atoms with E-state index >= 15 is 0 Å². The Bertz CT molecular complexity index is 1160. The SMILES string of the molecule is CS(=O)(=O)c1ccc(F)cc1CN1CCC(Nc2ccc3cnccc3c2)C1I. The van der Waals surface area contributed by atoms with Crippen molar-refractivity contribution in [3.05, 3.63) is 66.2 Å². The number of fused-ring (bicyclic) bond motifs is 1. The molecule has 1 saturated heterocycles. The molecule has 2 unspecified atom stereocenters. The van der Waals surface area contributed by atoms with Crippen molar-refractivity contribution in [3.8, 4) is 0 Å². The van der Waals surface area contributed by atoms with Gasteiger partial charge in [-0.15, -0.1) is 0 Å². The number of aromatic nitrogens is 1. The zero-order chi connectivity index (χ0) is 20.6. The Labute approximate surface area is 183 Å². The van der Waals surface area contributed by atoms with Crippen molar-refractivity contribution in [2.24, 2.45) is 0 Å². The first-order chi connectivity index (χ1) is 13.8. The van der Waals surface area contributed by atoms with E-state index in [1.807, 2.05) is 24.4 Å². The van der Waals surface area contributed by atoms with E-state index in [0.29, 0.717) is 12.1 Å². The number of hydrogen-bond donors (Lipinski definition) is 1. The Balaban J connectivity index is 1.50. The maximum atomic E-state index is 13.8. The molecule has 0 aliphatic carbocycles. The molecule has 0 amide bonds. The number of alkyl halides is 1. The van der Waals surface area contributed by atoms with E-state index in [2.05, 4.69) is 43.9 Å². The number of pyridine rings is 1. The molecule has 152 valence electrons. The molecule has 1 N–H and O–H groups in total. The van der Waals surface area contributed by atoms with E-state index in [9.17, 15) is 12.8 Å². The third-order valence-electron chi connectivity index (χ3n) is 5.20. The number of sulfone groups is 1. The number of anilines is 1. The van der Waals surface area contributed by atoms with E-state index in [1.165, 1.54) is 18.2 Å². The molecule has 2 heterocycles. The number of rotatable bonds is 5. The van der Waals surface area contributed by atoms with Crippen LogP contribution in [0.2, 0.25) is 0 Å². The van der Waals surface area contributed by atoms with Crippen LogP contribution in [0.15, 0.2) is 59.8 Å². The van der Waals surface area contributed by atoms with Gasteiger partial charge in [0.25, 0.3) is 0 Å². The minimum absolute atomic E-state index is 0.149. The molecule has 29 heavy (non-hydrogen) atoms. The Morgan fingerprint density at radius 2 is 2.03 bits per heavy atom. The Kier molecular flexibility index (Phi) is 5.76. The van der Waals surface area contributed by atoms with Crippen molar-refractivity contribution >= 4 is 48.9 Å². The van der Waals surface area contributed by atoms with Crippen LogP contribution in [-0.2, 0) is 16.4 Å². The fraction of sp³-hybridized carbons (Fsp3) is 0.286. The average Bonchev–Trinajstić information content (AvgIpc) is 3.00. The summed E-state index contributed by atoms with van der Waals surface area (Å²) in [5, 5.41) is 5.81. The lowest BCUT2D eigenvalue weighted by atomic mass is 10.1. The predicted molar refractivity (Wildman–Crippen MR) is 121 cm³/mol. The molecular formula is C21H21FIN3O2S. The first-order valence-corrected chi connectivity index (χ1v) is 12.4. The molecule has 1 aromatic heterocycles. The summed E-state index contributed by atoms with van der Waals surface area (Å²) >= 11 is 2.38. The Morgan fingerprint density at radius 1 is 1.21 bits per heavy atom. The predicted octanol–water partition coefficient (Wildman–Crippen LogP) is 4.22. The molecule has 4 rings (SSSR count). The van der Waals surface area contributed by atoms with Crippen LogP contribution in [0.5, 0.6) is 0 Å². The molecule has 1 aliphatic heterocycles. The molecule has 1 fully saturated rings. The summed E-state index contributed by atoms with van der Waals surface area (Å²) < 4.78 is 38.1. The second kappa shape index (κ2) is 8.16. The van der Waals surface area contributed by atoms with Gasteiger partial charge in [0.1, 0.15) is 5.82 Å². The summed E-state index contributed by atoms with van der Waals surface area (Å²) in [6.07, 6.45) is 5.71. The van der Waals surface area contributed by atoms with Crippen molar-refractivity contribution in [1.29, 1.82) is 0 Å². The van der Waals surface area contributed by atoms with Crippen LogP contribution in [0.4, 0.5) is 10.1 Å². The van der Waals surface area contributed by atoms with Crippen molar-refractivity contribution in [3.63, 3.8) is 0 Å². The number of halogens is 2. The second-order valence-corrected chi connectivity index (χ2v) is 10.6. The van der Waals surface area contributed by atoms with Gasteiger partial charge in [0.15, 0.2) is 9.84 Å². The highest BCUT2D eigenvalue weighted by molar-refractivity contribution is 14.1. The lowest BCUT2D eigenvalue weighted by Crippen LogP contribution is -2.33. The topological polar surface area (TPSA) is 62.3 Å². The van der Waals surface area contributed by atoms with Crippen LogP contribution < -0.4 is 5.32 Å². The normalized spacial score (nSPS) is 20.2. The number of hydrogen-bond acceptors (Lipinski definition) is 5. The van der Waals surface area contributed by atoms with Gasteiger partial charge in [-0.3, -0.25) is 9.88 Å². The summed E-state index contributed by atoms with van der Waals surface area (Å²) in [7, 11) is -3.41. The Morgan fingerprint density at radius 3 is 2.83 bits per heavy atom. The van der Waals surface area contributed by atoms with Gasteiger partial charge >= 0.3 is 0 Å². The molecule has 0 radical (unpaired) electrons. The Hall–Kier alpha value is -1.78. The quantitative estimate of drug-likeness (QED) is 0.234. The van der Waals surface area contributed by atoms with Crippen molar-refractivity contribution in [2.75, 3.05) is 18.1 Å². The van der Waals surface area contributed by atoms with Gasteiger partial charge in [-0.25, -0.2) is 12.8 Å². The van der Waals surface area contributed by atoms with E-state index in [4.69, 9.17) is 0 Å². The van der Waals surface area contributed by atoms with Gasteiger partial charge in [0.05, 0.1) is 15.0 Å². The van der Waals surface area contributed by atoms with Crippen molar-refractivity contribution in [1.82, 2.24) is 9.88 Å². The van der Waals surface area contributed by atoms with Crippen LogP contribution >= 0.6 is 22.6 Å². The lowest BCUT2D eigenvalue weighted by Gasteiger charge is -2.25. The van der Waals surface area contributed by atoms with Gasteiger partial charge in [-0.1, -0.05) is 28.7 Å². The van der Waals surface area contributed by atoms with E-state index < -0.39 is 15.7 Å². The summed E-state index contributed by atoms with van der Waals surface area (Å²) in [5.41, 5.74) is 1.55. The van der Waals surface area contributed by atoms with Crippen LogP contribution in [0, 0.1) is 5.82 Å². The van der Waals surface area contributed by atoms with Gasteiger partial charge in [-0.05, 0) is 53.8 Å². The monoisotopic (exact) mass is 525 g/mol. The van der Waals surface area contributed by atoms with Crippen molar-refractivity contribution < 1.29 is 12.8 Å². The maximum absolute atomic E-state index is 13.8. The standard InChI is InChI=1S/C21H21FIN3O2S/c1-29(27,28)20-5-3-17(22)10-16(20)13-26-9-7-19(21(26)23)25-18-4-2-15-12-24-8-6-14(15)11-18/h2-6,8,10-12,19,21,25H,7,9,13H2,1H3. The van der Waals surface area contributed by atoms with Crippen molar-refractivity contribution in [2.45, 2.75) is 28.0 Å². The average molecular weight is 525 g/mol. The molecule has 0 saturated carbocycles. The fourth-order valence-corrected chi connectivity index (χ4v) is 5.70. The van der Waals surface area contributed by atoms with Crippen LogP contribution in [-0.4, -0.2) is 41.2 Å². The number of nitrogens with one attached hydrogen (secondary N) is 1. The van der Waals surface area contributed by atoms with Gasteiger partial charge in [0, 0.05) is 42.8 Å². The highest BCUT2D eigenvalue weighted by Crippen LogP contribution is 2.30. The molecular weight excluding hydrogens is 504 g/mol. The van der Waals surface area contributed by atoms with Gasteiger partial charge < -0.3 is 5.32 Å². The zero-order valence-corrected chi connectivity index (χ0v) is 18.8. The molecule has 1 aliphatic rings. The first kappa shape index (κ1) is 20.5. The summed E-state index contributed by atoms with van der Waals surface area (Å²) in [6.45, 7) is 1.21. The van der Waals surface area contributed by atoms with E-state index in [0.717, 1.165) is 35.7 Å². The molecule has 3 aromatic rings. The van der Waals surface area contributed by atoms with E-state index in [-0.39, 0.29) is 15.0 Å². The minimum atomic E-state index is -3.41. The van der Waals surface area contributed by atoms with Crippen LogP contribution in [0.1, 0.15) is 12.0 Å². The highest BCUT2D eigenvalue weighted by atomic mass is 127. The zero-order valence-electron chi connectivity index (χ0n) is 15.8. The van der Waals surface area contributed by atoms with Gasteiger partial charge in [-0.2, -0.15) is 0 Å². The summed E-state index contributed by atoms with van der Waals surface area (Å²) in [6, 6.07) is 12.3. The third-order valence-corrected chi connectivity index (χ3v) is 8.05. The summed E-state index contributed by atoms with van der Waals surface area (Å²) in [4.78, 5) is 6.52. The van der Waals surface area contributed by atoms with E-state index in [1.54, 1.807) is 6.20 Å². The molecule has 8 heteroatoms. The lowest BCUT2D eigenvalue weighted by molar-refractivity contribution is 0.313. The second-order valence-electron chi connectivity index (χ2n) is 7.34. The largest absolute Gasteiger partial charge is 0.380 e. The van der Waals surface area contributed by atoms with Gasteiger partial charge in [0.2, 0.25) is 0 Å². The molecule has 2 atom stereocenters. The fourth-order valence-electron chi connectivity index (χ4n) is 3.77. The number of nitrogens with zero attached hydrogens (tertiary/aromatic N) is 2. The first-order valence-electron chi connectivity index (χ1n) is 9.28. The molecule has 0 spiro atoms. The maximum Gasteiger partial charge on any atom is 0.175 e. The molecule has 2 aromatic carbocycles. The highest BCUT2D eigenvalue weighted by Gasteiger charge is 2.33. The smallest absolute Gasteiger partial charge is 0.175 e.